The van der Waals surface area contributed by atoms with Crippen molar-refractivity contribution in [3.63, 3.8) is 0 Å². The number of aliphatic hydroxyl groups excluding tert-OH is 1. The lowest BCUT2D eigenvalue weighted by Crippen LogP contribution is -2.12. The Hall–Kier alpha value is -2.74. The summed E-state index contributed by atoms with van der Waals surface area (Å²) in [6, 6.07) is 22.0. The third-order valence-electron chi connectivity index (χ3n) is 4.86. The molecule has 0 aliphatic heterocycles. The van der Waals surface area contributed by atoms with Crippen LogP contribution in [0.4, 0.5) is 0 Å². The van der Waals surface area contributed by atoms with Crippen LogP contribution in [0.2, 0.25) is 0 Å². The van der Waals surface area contributed by atoms with Crippen LogP contribution in [-0.2, 0) is 10.0 Å². The predicted octanol–water partition coefficient (Wildman–Crippen LogP) is 5.10. The number of nitrogens with zero attached hydrogens (tertiary/aromatic N) is 1. The Bertz CT molecular complexity index is 1280. The fourth-order valence-electron chi connectivity index (χ4n) is 3.36. The normalized spacial score (nSPS) is 11.7. The van der Waals surface area contributed by atoms with Gasteiger partial charge in [0.2, 0.25) is 0 Å². The summed E-state index contributed by atoms with van der Waals surface area (Å²) in [6.45, 7) is 2.32. The first kappa shape index (κ1) is 21.5. The largest absolute Gasteiger partial charge is 0.492 e. The molecule has 0 unspecified atom stereocenters. The lowest BCUT2D eigenvalue weighted by Gasteiger charge is -2.16. The van der Waals surface area contributed by atoms with Crippen LogP contribution in [0, 0.1) is 6.92 Å². The predicted molar refractivity (Wildman–Crippen MR) is 123 cm³/mol. The molecule has 31 heavy (non-hydrogen) atoms. The van der Waals surface area contributed by atoms with Gasteiger partial charge in [-0.25, -0.2) is 12.4 Å². The lowest BCUT2D eigenvalue weighted by molar-refractivity contribution is 0.232. The fraction of sp³-hybridized carbons (Fsp3) is 0.167. The third kappa shape index (κ3) is 4.35. The Kier molecular flexibility index (Phi) is 6.36. The summed E-state index contributed by atoms with van der Waals surface area (Å²) in [5.41, 5.74) is 1.49. The molecule has 0 saturated heterocycles. The minimum Gasteiger partial charge on any atom is -0.492 e. The number of hydrogen-bond donors (Lipinski definition) is 1. The Morgan fingerprint density at radius 2 is 1.68 bits per heavy atom. The van der Waals surface area contributed by atoms with E-state index in [2.05, 4.69) is 0 Å². The minimum absolute atomic E-state index is 0.0273. The van der Waals surface area contributed by atoms with Crippen LogP contribution in [-0.4, -0.2) is 30.7 Å². The molecule has 7 heteroatoms. The van der Waals surface area contributed by atoms with E-state index in [0.717, 1.165) is 20.7 Å². The van der Waals surface area contributed by atoms with Crippen LogP contribution < -0.4 is 4.74 Å². The Balaban J connectivity index is 1.87. The number of aliphatic hydroxyl groups is 1. The molecule has 0 saturated carbocycles. The van der Waals surface area contributed by atoms with E-state index in [4.69, 9.17) is 4.74 Å². The van der Waals surface area contributed by atoms with E-state index < -0.39 is 10.0 Å². The number of hydrogen-bond acceptors (Lipinski definition) is 5. The zero-order valence-electron chi connectivity index (χ0n) is 17.1. The van der Waals surface area contributed by atoms with Crippen molar-refractivity contribution in [1.82, 2.24) is 3.97 Å². The van der Waals surface area contributed by atoms with Gasteiger partial charge in [-0.3, -0.25) is 0 Å². The van der Waals surface area contributed by atoms with E-state index in [-0.39, 0.29) is 11.5 Å². The van der Waals surface area contributed by atoms with E-state index in [9.17, 15) is 13.5 Å². The summed E-state index contributed by atoms with van der Waals surface area (Å²) in [7, 11) is -3.74. The molecule has 0 aliphatic rings. The Morgan fingerprint density at radius 1 is 1.00 bits per heavy atom. The number of fused-ring (bicyclic) bond motifs is 1. The molecular formula is C24H23NO4S2. The van der Waals surface area contributed by atoms with E-state index >= 15 is 0 Å². The van der Waals surface area contributed by atoms with Gasteiger partial charge in [0, 0.05) is 29.5 Å². The molecule has 3 aromatic carbocycles. The molecule has 0 spiro atoms. The molecular weight excluding hydrogens is 430 g/mol. The number of aryl methyl sites for hydroxylation is 1. The van der Waals surface area contributed by atoms with Crippen LogP contribution in [0.5, 0.6) is 5.75 Å². The van der Waals surface area contributed by atoms with Crippen molar-refractivity contribution in [3.05, 3.63) is 84.6 Å². The fourth-order valence-corrected chi connectivity index (χ4v) is 5.73. The highest BCUT2D eigenvalue weighted by atomic mass is 32.2. The second-order valence-corrected chi connectivity index (χ2v) is 9.95. The van der Waals surface area contributed by atoms with E-state index in [1.54, 1.807) is 54.4 Å². The minimum atomic E-state index is -3.74. The van der Waals surface area contributed by atoms with Gasteiger partial charge in [0.05, 0.1) is 21.9 Å². The van der Waals surface area contributed by atoms with Crippen LogP contribution in [0.1, 0.15) is 12.0 Å². The summed E-state index contributed by atoms with van der Waals surface area (Å²) >= 11 is 1.58. The monoisotopic (exact) mass is 453 g/mol. The highest BCUT2D eigenvalue weighted by Gasteiger charge is 2.23. The summed E-state index contributed by atoms with van der Waals surface area (Å²) in [6.07, 6.45) is 2.07. The van der Waals surface area contributed by atoms with Gasteiger partial charge in [-0.05, 0) is 48.9 Å². The molecule has 5 nitrogen and oxygen atoms in total. The van der Waals surface area contributed by atoms with E-state index in [1.807, 2.05) is 43.3 Å². The van der Waals surface area contributed by atoms with Crippen molar-refractivity contribution in [2.45, 2.75) is 28.0 Å². The van der Waals surface area contributed by atoms with Crippen molar-refractivity contribution < 1.29 is 18.3 Å². The maximum absolute atomic E-state index is 13.3. The van der Waals surface area contributed by atoms with Crippen LogP contribution >= 0.6 is 11.8 Å². The standard InChI is InChI=1S/C24H23NO4S2/c1-18-17-22-21(13-14-25(22)31(27,28)20-11-6-3-7-12-20)23(29-16-8-15-26)24(18)30-19-9-4-2-5-10-19/h2-7,9-14,17,26H,8,15-16H2,1H3. The second-order valence-electron chi connectivity index (χ2n) is 7.05. The van der Waals surface area contributed by atoms with Crippen LogP contribution in [0.25, 0.3) is 10.9 Å². The van der Waals surface area contributed by atoms with E-state index in [1.165, 1.54) is 3.97 Å². The molecule has 4 aromatic rings. The van der Waals surface area contributed by atoms with Gasteiger partial charge in [-0.1, -0.05) is 48.2 Å². The van der Waals surface area contributed by atoms with Gasteiger partial charge in [0.25, 0.3) is 10.0 Å². The molecule has 1 N–H and O–H groups in total. The number of ether oxygens (including phenoxy) is 1. The van der Waals surface area contributed by atoms with Crippen molar-refractivity contribution in [2.75, 3.05) is 13.2 Å². The molecule has 160 valence electrons. The van der Waals surface area contributed by atoms with Gasteiger partial charge < -0.3 is 9.84 Å². The molecule has 0 radical (unpaired) electrons. The molecule has 0 amide bonds. The topological polar surface area (TPSA) is 68.5 Å². The molecule has 0 fully saturated rings. The van der Waals surface area contributed by atoms with Crippen molar-refractivity contribution in [1.29, 1.82) is 0 Å². The summed E-state index contributed by atoms with van der Waals surface area (Å²) in [5.74, 6) is 0.638. The first-order chi connectivity index (χ1) is 15.0. The maximum Gasteiger partial charge on any atom is 0.268 e. The molecule has 4 rings (SSSR count). The number of rotatable bonds is 8. The van der Waals surface area contributed by atoms with Gasteiger partial charge in [0.15, 0.2) is 0 Å². The van der Waals surface area contributed by atoms with Gasteiger partial charge >= 0.3 is 0 Å². The van der Waals surface area contributed by atoms with Gasteiger partial charge in [0.1, 0.15) is 5.75 Å². The third-order valence-corrected chi connectivity index (χ3v) is 7.79. The SMILES string of the molecule is Cc1cc2c(ccn2S(=O)(=O)c2ccccc2)c(OCCCO)c1Sc1ccccc1. The molecule has 0 bridgehead atoms. The zero-order chi connectivity index (χ0) is 21.8. The molecule has 1 heterocycles. The second kappa shape index (κ2) is 9.18. The quantitative estimate of drug-likeness (QED) is 0.376. The lowest BCUT2D eigenvalue weighted by atomic mass is 10.1. The smallest absolute Gasteiger partial charge is 0.268 e. The summed E-state index contributed by atoms with van der Waals surface area (Å²) in [5, 5.41) is 9.91. The Morgan fingerprint density at radius 3 is 2.35 bits per heavy atom. The average molecular weight is 454 g/mol. The Labute approximate surface area is 186 Å². The van der Waals surface area contributed by atoms with E-state index in [0.29, 0.717) is 24.3 Å². The van der Waals surface area contributed by atoms with Crippen LogP contribution in [0.3, 0.4) is 0 Å². The first-order valence-electron chi connectivity index (χ1n) is 9.94. The van der Waals surface area contributed by atoms with Crippen molar-refractivity contribution in [2.24, 2.45) is 0 Å². The van der Waals surface area contributed by atoms with Gasteiger partial charge in [-0.2, -0.15) is 0 Å². The highest BCUT2D eigenvalue weighted by Crippen LogP contribution is 2.43. The number of benzene rings is 3. The summed E-state index contributed by atoms with van der Waals surface area (Å²) in [4.78, 5) is 2.23. The molecule has 1 aromatic heterocycles. The molecule has 0 atom stereocenters. The van der Waals surface area contributed by atoms with Crippen molar-refractivity contribution >= 4 is 32.7 Å². The van der Waals surface area contributed by atoms with Crippen LogP contribution in [0.15, 0.2) is 93.7 Å². The van der Waals surface area contributed by atoms with Crippen molar-refractivity contribution in [3.8, 4) is 5.75 Å². The first-order valence-corrected chi connectivity index (χ1v) is 12.2. The summed E-state index contributed by atoms with van der Waals surface area (Å²) < 4.78 is 33.9. The highest BCUT2D eigenvalue weighted by molar-refractivity contribution is 7.99. The average Bonchev–Trinajstić information content (AvgIpc) is 3.21. The maximum atomic E-state index is 13.3. The number of aromatic nitrogens is 1. The zero-order valence-corrected chi connectivity index (χ0v) is 18.7. The van der Waals surface area contributed by atoms with Gasteiger partial charge in [-0.15, -0.1) is 0 Å². The molecule has 0 aliphatic carbocycles.